The summed E-state index contributed by atoms with van der Waals surface area (Å²) in [5.41, 5.74) is 14.0. The molecule has 4 N–H and O–H groups in total. The summed E-state index contributed by atoms with van der Waals surface area (Å²) in [4.78, 5) is 24.3. The normalized spacial score (nSPS) is 18.6. The average Bonchev–Trinajstić information content (AvgIpc) is 2.76. The quantitative estimate of drug-likeness (QED) is 0.289. The van der Waals surface area contributed by atoms with E-state index in [0.29, 0.717) is 17.1 Å². The molecule has 0 aromatic heterocycles. The lowest BCUT2D eigenvalue weighted by molar-refractivity contribution is -0.140. The van der Waals surface area contributed by atoms with E-state index in [4.69, 9.17) is 20.9 Å². The molecule has 0 radical (unpaired) electrons. The topological polar surface area (TPSA) is 105 Å². The highest BCUT2D eigenvalue weighted by Crippen LogP contribution is 2.31. The SMILES string of the molecule is CCC1CCC(C(=O)Oc2ccc(/C=C/C(=O)OCc3cc(N)cc(N)c3)cc2)CC1. The molecule has 3 rings (SSSR count). The maximum Gasteiger partial charge on any atom is 0.331 e. The van der Waals surface area contributed by atoms with Gasteiger partial charge in [0.05, 0.1) is 5.92 Å². The molecule has 1 aliphatic carbocycles. The zero-order valence-corrected chi connectivity index (χ0v) is 17.9. The Kier molecular flexibility index (Phi) is 7.70. The van der Waals surface area contributed by atoms with Gasteiger partial charge in [-0.2, -0.15) is 0 Å². The number of rotatable bonds is 7. The third-order valence-electron chi connectivity index (χ3n) is 5.69. The van der Waals surface area contributed by atoms with Gasteiger partial charge in [-0.3, -0.25) is 4.79 Å². The number of nitrogen functional groups attached to an aromatic ring is 2. The van der Waals surface area contributed by atoms with Crippen LogP contribution in [0.3, 0.4) is 0 Å². The fraction of sp³-hybridized carbons (Fsp3) is 0.360. The second-order valence-electron chi connectivity index (χ2n) is 8.07. The van der Waals surface area contributed by atoms with Crippen molar-refractivity contribution >= 4 is 29.4 Å². The molecular weight excluding hydrogens is 392 g/mol. The van der Waals surface area contributed by atoms with E-state index in [1.165, 1.54) is 12.5 Å². The molecule has 2 aromatic rings. The lowest BCUT2D eigenvalue weighted by Crippen LogP contribution is -2.25. The Morgan fingerprint density at radius 2 is 1.65 bits per heavy atom. The average molecular weight is 423 g/mol. The van der Waals surface area contributed by atoms with Crippen LogP contribution in [0.2, 0.25) is 0 Å². The van der Waals surface area contributed by atoms with Crippen molar-refractivity contribution in [2.45, 2.75) is 45.6 Å². The molecule has 0 spiro atoms. The molecule has 1 fully saturated rings. The van der Waals surface area contributed by atoms with Crippen LogP contribution >= 0.6 is 0 Å². The molecule has 2 aromatic carbocycles. The monoisotopic (exact) mass is 422 g/mol. The first-order valence-corrected chi connectivity index (χ1v) is 10.7. The maximum absolute atomic E-state index is 12.4. The fourth-order valence-electron chi connectivity index (χ4n) is 3.85. The zero-order valence-electron chi connectivity index (χ0n) is 17.9. The van der Waals surface area contributed by atoms with E-state index in [0.717, 1.165) is 42.7 Å². The molecule has 0 aliphatic heterocycles. The van der Waals surface area contributed by atoms with Gasteiger partial charge in [-0.25, -0.2) is 4.79 Å². The Morgan fingerprint density at radius 3 is 2.26 bits per heavy atom. The van der Waals surface area contributed by atoms with Crippen molar-refractivity contribution < 1.29 is 19.1 Å². The van der Waals surface area contributed by atoms with Gasteiger partial charge in [0, 0.05) is 17.5 Å². The first-order chi connectivity index (χ1) is 14.9. The van der Waals surface area contributed by atoms with Gasteiger partial charge >= 0.3 is 11.9 Å². The summed E-state index contributed by atoms with van der Waals surface area (Å²) < 4.78 is 10.7. The molecule has 0 atom stereocenters. The van der Waals surface area contributed by atoms with Gasteiger partial charge in [0.2, 0.25) is 0 Å². The molecule has 164 valence electrons. The first-order valence-electron chi connectivity index (χ1n) is 10.7. The molecule has 6 nitrogen and oxygen atoms in total. The van der Waals surface area contributed by atoms with Crippen molar-refractivity contribution in [3.8, 4) is 5.75 Å². The maximum atomic E-state index is 12.4. The number of carbonyl (C=O) groups is 2. The van der Waals surface area contributed by atoms with Crippen LogP contribution in [0.25, 0.3) is 6.08 Å². The van der Waals surface area contributed by atoms with E-state index in [1.54, 1.807) is 48.5 Å². The standard InChI is InChI=1S/C25H30N2O4/c1-2-17-3-8-20(9-4-17)25(29)31-23-10-5-18(6-11-23)7-12-24(28)30-16-19-13-21(26)15-22(27)14-19/h5-7,10-15,17,20H,2-4,8-9,16,26-27H2,1H3/b12-7+. The van der Waals surface area contributed by atoms with Crippen LogP contribution < -0.4 is 16.2 Å². The molecule has 0 bridgehead atoms. The summed E-state index contributed by atoms with van der Waals surface area (Å²) in [5, 5.41) is 0. The molecule has 0 unspecified atom stereocenters. The predicted molar refractivity (Wildman–Crippen MR) is 122 cm³/mol. The lowest BCUT2D eigenvalue weighted by Gasteiger charge is -2.26. The van der Waals surface area contributed by atoms with Crippen molar-refractivity contribution in [1.82, 2.24) is 0 Å². The number of carbonyl (C=O) groups excluding carboxylic acids is 2. The second kappa shape index (κ2) is 10.7. The number of ether oxygens (including phenoxy) is 2. The van der Waals surface area contributed by atoms with Crippen molar-refractivity contribution in [1.29, 1.82) is 0 Å². The van der Waals surface area contributed by atoms with Gasteiger partial charge < -0.3 is 20.9 Å². The molecule has 0 saturated heterocycles. The van der Waals surface area contributed by atoms with Crippen LogP contribution in [0.4, 0.5) is 11.4 Å². The van der Waals surface area contributed by atoms with Crippen molar-refractivity contribution in [3.63, 3.8) is 0 Å². The highest BCUT2D eigenvalue weighted by atomic mass is 16.5. The van der Waals surface area contributed by atoms with Crippen LogP contribution in [0.1, 0.15) is 50.2 Å². The molecule has 6 heteroatoms. The first kappa shape index (κ1) is 22.4. The number of hydrogen-bond acceptors (Lipinski definition) is 6. The Labute approximate surface area is 183 Å². The van der Waals surface area contributed by atoms with E-state index >= 15 is 0 Å². The number of benzene rings is 2. The largest absolute Gasteiger partial charge is 0.458 e. The minimum absolute atomic E-state index is 0.00698. The van der Waals surface area contributed by atoms with Crippen molar-refractivity contribution in [2.75, 3.05) is 11.5 Å². The summed E-state index contributed by atoms with van der Waals surface area (Å²) in [6.45, 7) is 2.29. The molecule has 1 aliphatic rings. The van der Waals surface area contributed by atoms with E-state index in [-0.39, 0.29) is 18.5 Å². The third kappa shape index (κ3) is 6.88. The van der Waals surface area contributed by atoms with Crippen LogP contribution in [0.15, 0.2) is 48.5 Å². The molecule has 31 heavy (non-hydrogen) atoms. The third-order valence-corrected chi connectivity index (χ3v) is 5.69. The van der Waals surface area contributed by atoms with Gasteiger partial charge in [-0.15, -0.1) is 0 Å². The van der Waals surface area contributed by atoms with Gasteiger partial charge in [0.1, 0.15) is 12.4 Å². The van der Waals surface area contributed by atoms with E-state index in [2.05, 4.69) is 6.92 Å². The predicted octanol–water partition coefficient (Wildman–Crippen LogP) is 4.73. The Bertz CT molecular complexity index is 909. The van der Waals surface area contributed by atoms with Gasteiger partial charge in [-0.1, -0.05) is 25.5 Å². The number of nitrogens with two attached hydrogens (primary N) is 2. The van der Waals surface area contributed by atoms with Crippen LogP contribution in [0, 0.1) is 11.8 Å². The van der Waals surface area contributed by atoms with E-state index in [1.807, 2.05) is 0 Å². The number of anilines is 2. The molecule has 0 amide bonds. The summed E-state index contributed by atoms with van der Waals surface area (Å²) in [6.07, 6.45) is 8.18. The molecule has 0 heterocycles. The van der Waals surface area contributed by atoms with Gasteiger partial charge in [-0.05, 0) is 79.1 Å². The summed E-state index contributed by atoms with van der Waals surface area (Å²) in [5.74, 6) is 0.627. The van der Waals surface area contributed by atoms with Gasteiger partial charge in [0.25, 0.3) is 0 Å². The smallest absolute Gasteiger partial charge is 0.331 e. The number of esters is 2. The highest BCUT2D eigenvalue weighted by Gasteiger charge is 2.26. The van der Waals surface area contributed by atoms with Crippen LogP contribution in [0.5, 0.6) is 5.75 Å². The summed E-state index contributed by atoms with van der Waals surface area (Å²) in [6, 6.07) is 12.1. The Morgan fingerprint density at radius 1 is 1.00 bits per heavy atom. The summed E-state index contributed by atoms with van der Waals surface area (Å²) >= 11 is 0. The summed E-state index contributed by atoms with van der Waals surface area (Å²) in [7, 11) is 0. The highest BCUT2D eigenvalue weighted by molar-refractivity contribution is 5.87. The zero-order chi connectivity index (χ0) is 22.2. The van der Waals surface area contributed by atoms with E-state index < -0.39 is 5.97 Å². The van der Waals surface area contributed by atoms with Crippen LogP contribution in [-0.2, 0) is 20.9 Å². The van der Waals surface area contributed by atoms with Crippen LogP contribution in [-0.4, -0.2) is 11.9 Å². The fourth-order valence-corrected chi connectivity index (χ4v) is 3.85. The minimum Gasteiger partial charge on any atom is -0.458 e. The van der Waals surface area contributed by atoms with E-state index in [9.17, 15) is 9.59 Å². The van der Waals surface area contributed by atoms with Gasteiger partial charge in [0.15, 0.2) is 0 Å². The van der Waals surface area contributed by atoms with Crippen molar-refractivity contribution in [3.05, 3.63) is 59.7 Å². The second-order valence-corrected chi connectivity index (χ2v) is 8.07. The molecule has 1 saturated carbocycles. The van der Waals surface area contributed by atoms with Crippen molar-refractivity contribution in [2.24, 2.45) is 11.8 Å². The lowest BCUT2D eigenvalue weighted by atomic mass is 9.81. The Hall–Kier alpha value is -3.28. The molecular formula is C25H30N2O4. The Balaban J connectivity index is 1.46. The number of hydrogen-bond donors (Lipinski definition) is 2. The minimum atomic E-state index is -0.473.